The quantitative estimate of drug-likeness (QED) is 0.870. The van der Waals surface area contributed by atoms with Gasteiger partial charge in [-0.1, -0.05) is 12.1 Å². The van der Waals surface area contributed by atoms with Crippen LogP contribution in [0.5, 0.6) is 5.75 Å². The monoisotopic (exact) mass is 331 g/mol. The fraction of sp³-hybridized carbons (Fsp3) is 0.429. The van der Waals surface area contributed by atoms with Gasteiger partial charge in [-0.05, 0) is 30.7 Å². The van der Waals surface area contributed by atoms with Crippen molar-refractivity contribution in [2.24, 2.45) is 5.16 Å². The van der Waals surface area contributed by atoms with Crippen molar-refractivity contribution < 1.29 is 27.5 Å². The number of hydrogen-bond acceptors (Lipinski definition) is 4. The van der Waals surface area contributed by atoms with Gasteiger partial charge in [0.1, 0.15) is 11.9 Å². The lowest BCUT2D eigenvalue weighted by atomic mass is 10.1. The van der Waals surface area contributed by atoms with Crippen LogP contribution in [0.4, 0.5) is 23.7 Å². The van der Waals surface area contributed by atoms with Crippen LogP contribution in [0, 0.1) is 0 Å². The van der Waals surface area contributed by atoms with Crippen molar-refractivity contribution in [2.45, 2.75) is 32.2 Å². The van der Waals surface area contributed by atoms with Crippen LogP contribution in [-0.4, -0.2) is 30.8 Å². The lowest BCUT2D eigenvalue weighted by Crippen LogP contribution is -2.35. The van der Waals surface area contributed by atoms with Crippen molar-refractivity contribution >= 4 is 17.4 Å². The van der Waals surface area contributed by atoms with Crippen LogP contribution in [0.3, 0.4) is 0 Å². The number of amides is 2. The van der Waals surface area contributed by atoms with E-state index < -0.39 is 12.4 Å². The van der Waals surface area contributed by atoms with Crippen molar-refractivity contribution in [3.8, 4) is 5.75 Å². The first-order valence-electron chi connectivity index (χ1n) is 6.98. The Labute approximate surface area is 130 Å². The number of carbonyl (C=O) groups excluding carboxylic acids is 1. The maximum atomic E-state index is 12.0. The standard InChI is InChI=1S/C14H16F3N3O3/c1-2-9-7-12(23-20-9)8-18-13(21)19-10-3-5-11(6-4-10)22-14(15,16)17/h3-6,12H,2,7-8H2,1H3,(H2,18,19,21). The highest BCUT2D eigenvalue weighted by atomic mass is 19.4. The van der Waals surface area contributed by atoms with E-state index in [-0.39, 0.29) is 18.4 Å². The second-order valence-corrected chi connectivity index (χ2v) is 4.85. The van der Waals surface area contributed by atoms with E-state index in [1.54, 1.807) is 0 Å². The maximum Gasteiger partial charge on any atom is 0.573 e. The summed E-state index contributed by atoms with van der Waals surface area (Å²) in [4.78, 5) is 16.8. The average molecular weight is 331 g/mol. The number of hydrogen-bond donors (Lipinski definition) is 2. The molecule has 0 saturated carbocycles. The molecule has 2 amide bonds. The van der Waals surface area contributed by atoms with Crippen molar-refractivity contribution in [3.63, 3.8) is 0 Å². The molecule has 1 unspecified atom stereocenters. The minimum absolute atomic E-state index is 0.196. The number of rotatable bonds is 5. The summed E-state index contributed by atoms with van der Waals surface area (Å²) in [5, 5.41) is 8.99. The molecule has 9 heteroatoms. The van der Waals surface area contributed by atoms with E-state index in [9.17, 15) is 18.0 Å². The Bertz CT molecular complexity index is 573. The molecule has 1 atom stereocenters. The number of ether oxygens (including phenoxy) is 1. The summed E-state index contributed by atoms with van der Waals surface area (Å²) in [7, 11) is 0. The molecule has 23 heavy (non-hydrogen) atoms. The smallest absolute Gasteiger partial charge is 0.406 e. The molecule has 126 valence electrons. The first kappa shape index (κ1) is 16.9. The predicted octanol–water partition coefficient (Wildman–Crippen LogP) is 3.26. The van der Waals surface area contributed by atoms with Crippen molar-refractivity contribution in [3.05, 3.63) is 24.3 Å². The third-order valence-electron chi connectivity index (χ3n) is 3.04. The van der Waals surface area contributed by atoms with Gasteiger partial charge in [-0.15, -0.1) is 13.2 Å². The van der Waals surface area contributed by atoms with Crippen molar-refractivity contribution in [2.75, 3.05) is 11.9 Å². The van der Waals surface area contributed by atoms with Gasteiger partial charge in [-0.3, -0.25) is 0 Å². The number of urea groups is 1. The van der Waals surface area contributed by atoms with Gasteiger partial charge in [0.2, 0.25) is 0 Å². The lowest BCUT2D eigenvalue weighted by Gasteiger charge is -2.12. The zero-order chi connectivity index (χ0) is 16.9. The third kappa shape index (κ3) is 5.68. The van der Waals surface area contributed by atoms with Crippen molar-refractivity contribution in [1.82, 2.24) is 5.32 Å². The minimum Gasteiger partial charge on any atom is -0.406 e. The normalized spacial score (nSPS) is 17.2. The molecule has 0 fully saturated rings. The van der Waals surface area contributed by atoms with E-state index in [4.69, 9.17) is 4.84 Å². The van der Waals surface area contributed by atoms with Gasteiger partial charge in [0.05, 0.1) is 12.3 Å². The molecule has 1 aromatic rings. The molecule has 0 aliphatic carbocycles. The van der Waals surface area contributed by atoms with E-state index in [2.05, 4.69) is 20.5 Å². The predicted molar refractivity (Wildman–Crippen MR) is 77.4 cm³/mol. The van der Waals surface area contributed by atoms with Crippen LogP contribution in [0.1, 0.15) is 19.8 Å². The van der Waals surface area contributed by atoms with Crippen molar-refractivity contribution in [1.29, 1.82) is 0 Å². The number of oxime groups is 1. The topological polar surface area (TPSA) is 72.0 Å². The van der Waals surface area contributed by atoms with E-state index in [1.165, 1.54) is 12.1 Å². The molecule has 0 spiro atoms. The molecule has 1 aromatic carbocycles. The number of halogens is 3. The number of benzene rings is 1. The van der Waals surface area contributed by atoms with Gasteiger partial charge in [-0.25, -0.2) is 4.79 Å². The van der Waals surface area contributed by atoms with E-state index in [1.807, 2.05) is 6.92 Å². The lowest BCUT2D eigenvalue weighted by molar-refractivity contribution is -0.274. The second-order valence-electron chi connectivity index (χ2n) is 4.85. The first-order chi connectivity index (χ1) is 10.9. The average Bonchev–Trinajstić information content (AvgIpc) is 2.94. The first-order valence-corrected chi connectivity index (χ1v) is 6.98. The molecule has 6 nitrogen and oxygen atoms in total. The Morgan fingerprint density at radius 1 is 1.39 bits per heavy atom. The van der Waals surface area contributed by atoms with E-state index in [0.29, 0.717) is 12.1 Å². The van der Waals surface area contributed by atoms with Gasteiger partial charge in [0.15, 0.2) is 0 Å². The summed E-state index contributed by atoms with van der Waals surface area (Å²) in [5.74, 6) is -0.355. The number of anilines is 1. The van der Waals surface area contributed by atoms with Gasteiger partial charge < -0.3 is 20.2 Å². The number of carbonyl (C=O) groups is 1. The highest BCUT2D eigenvalue weighted by Gasteiger charge is 2.31. The zero-order valence-corrected chi connectivity index (χ0v) is 12.3. The molecular weight excluding hydrogens is 315 g/mol. The molecular formula is C14H16F3N3O3. The third-order valence-corrected chi connectivity index (χ3v) is 3.04. The van der Waals surface area contributed by atoms with Gasteiger partial charge in [0, 0.05) is 12.1 Å². The molecule has 0 bridgehead atoms. The second kappa shape index (κ2) is 7.21. The zero-order valence-electron chi connectivity index (χ0n) is 12.3. The number of nitrogens with zero attached hydrogens (tertiary/aromatic N) is 1. The minimum atomic E-state index is -4.74. The summed E-state index contributed by atoms with van der Waals surface area (Å²) >= 11 is 0. The van der Waals surface area contributed by atoms with Gasteiger partial charge >= 0.3 is 12.4 Å². The summed E-state index contributed by atoms with van der Waals surface area (Å²) in [6, 6.07) is 4.37. The van der Waals surface area contributed by atoms with Crippen LogP contribution in [0.2, 0.25) is 0 Å². The molecule has 2 N–H and O–H groups in total. The fourth-order valence-electron chi connectivity index (χ4n) is 1.93. The summed E-state index contributed by atoms with van der Waals surface area (Å²) < 4.78 is 39.8. The fourth-order valence-corrected chi connectivity index (χ4v) is 1.93. The van der Waals surface area contributed by atoms with Crippen LogP contribution in [0.15, 0.2) is 29.4 Å². The Kier molecular flexibility index (Phi) is 5.30. The summed E-state index contributed by atoms with van der Waals surface area (Å²) in [6.07, 6.45) is -3.47. The molecule has 1 aliphatic rings. The maximum absolute atomic E-state index is 12.0. The Morgan fingerprint density at radius 2 is 2.09 bits per heavy atom. The van der Waals surface area contributed by atoms with Crippen LogP contribution >= 0.6 is 0 Å². The number of nitrogens with one attached hydrogen (secondary N) is 2. The Balaban J connectivity index is 1.75. The Morgan fingerprint density at radius 3 is 2.65 bits per heavy atom. The molecule has 2 rings (SSSR count). The highest BCUT2D eigenvalue weighted by molar-refractivity contribution is 5.89. The SMILES string of the molecule is CCC1=NOC(CNC(=O)Nc2ccc(OC(F)(F)F)cc2)C1. The summed E-state index contributed by atoms with van der Waals surface area (Å²) in [5.41, 5.74) is 1.28. The molecule has 0 radical (unpaired) electrons. The molecule has 1 heterocycles. The van der Waals surface area contributed by atoms with Crippen LogP contribution in [0.25, 0.3) is 0 Å². The van der Waals surface area contributed by atoms with Gasteiger partial charge in [-0.2, -0.15) is 0 Å². The van der Waals surface area contributed by atoms with Crippen LogP contribution < -0.4 is 15.4 Å². The van der Waals surface area contributed by atoms with Gasteiger partial charge in [0.25, 0.3) is 0 Å². The molecule has 0 aromatic heterocycles. The molecule has 0 saturated heterocycles. The largest absolute Gasteiger partial charge is 0.573 e. The highest BCUT2D eigenvalue weighted by Crippen LogP contribution is 2.23. The van der Waals surface area contributed by atoms with E-state index >= 15 is 0 Å². The number of alkyl halides is 3. The molecule has 1 aliphatic heterocycles. The Hall–Kier alpha value is -2.45. The summed E-state index contributed by atoms with van der Waals surface area (Å²) in [6.45, 7) is 2.25. The van der Waals surface area contributed by atoms with Crippen LogP contribution in [-0.2, 0) is 4.84 Å². The van der Waals surface area contributed by atoms with E-state index in [0.717, 1.165) is 24.3 Å².